The van der Waals surface area contributed by atoms with Crippen molar-refractivity contribution in [3.8, 4) is 0 Å². The number of anilines is 1. The summed E-state index contributed by atoms with van der Waals surface area (Å²) in [5.74, 6) is -1.59. The van der Waals surface area contributed by atoms with Crippen LogP contribution in [0.1, 0.15) is 28.9 Å². The van der Waals surface area contributed by atoms with Gasteiger partial charge in [0.15, 0.2) is 0 Å². The molecule has 150 valence electrons. The SMILES string of the molecule is CC(NC(=O)c1cccc(S(=O)(=O)Nc2ccccc2F)c1)c1ccc(F)cc1. The van der Waals surface area contributed by atoms with Crippen molar-refractivity contribution >= 4 is 21.6 Å². The van der Waals surface area contributed by atoms with Crippen LogP contribution < -0.4 is 10.0 Å². The predicted molar refractivity (Wildman–Crippen MR) is 106 cm³/mol. The second-order valence-electron chi connectivity index (χ2n) is 6.36. The minimum absolute atomic E-state index is 0.121. The van der Waals surface area contributed by atoms with E-state index >= 15 is 0 Å². The molecule has 3 aromatic rings. The quantitative estimate of drug-likeness (QED) is 0.631. The van der Waals surface area contributed by atoms with Gasteiger partial charge in [0.1, 0.15) is 11.6 Å². The lowest BCUT2D eigenvalue weighted by molar-refractivity contribution is 0.0939. The number of sulfonamides is 1. The van der Waals surface area contributed by atoms with E-state index in [1.165, 1.54) is 54.6 Å². The van der Waals surface area contributed by atoms with Gasteiger partial charge in [0.05, 0.1) is 16.6 Å². The van der Waals surface area contributed by atoms with Crippen LogP contribution in [-0.2, 0) is 10.0 Å². The Morgan fingerprint density at radius 3 is 2.31 bits per heavy atom. The first kappa shape index (κ1) is 20.5. The lowest BCUT2D eigenvalue weighted by Crippen LogP contribution is -2.27. The van der Waals surface area contributed by atoms with Gasteiger partial charge in [0.2, 0.25) is 0 Å². The highest BCUT2D eigenvalue weighted by Crippen LogP contribution is 2.20. The second-order valence-corrected chi connectivity index (χ2v) is 8.04. The summed E-state index contributed by atoms with van der Waals surface area (Å²) in [5, 5.41) is 2.73. The molecule has 0 radical (unpaired) electrons. The predicted octanol–water partition coefficient (Wildman–Crippen LogP) is 4.26. The summed E-state index contributed by atoms with van der Waals surface area (Å²) in [6.07, 6.45) is 0. The van der Waals surface area contributed by atoms with Crippen LogP contribution >= 0.6 is 0 Å². The number of hydrogen-bond acceptors (Lipinski definition) is 3. The molecule has 0 saturated heterocycles. The van der Waals surface area contributed by atoms with Gasteiger partial charge in [-0.05, 0) is 55.0 Å². The third kappa shape index (κ3) is 4.97. The molecular weight excluding hydrogens is 398 g/mol. The van der Waals surface area contributed by atoms with Crippen LogP contribution in [0.25, 0.3) is 0 Å². The fourth-order valence-electron chi connectivity index (χ4n) is 2.67. The number of amides is 1. The summed E-state index contributed by atoms with van der Waals surface area (Å²) in [4.78, 5) is 12.3. The Kier molecular flexibility index (Phi) is 5.93. The normalized spacial score (nSPS) is 12.2. The van der Waals surface area contributed by atoms with Gasteiger partial charge in [-0.3, -0.25) is 9.52 Å². The molecular formula is C21H18F2N2O3S. The average molecular weight is 416 g/mol. The van der Waals surface area contributed by atoms with E-state index in [4.69, 9.17) is 0 Å². The van der Waals surface area contributed by atoms with E-state index < -0.39 is 27.8 Å². The second kappa shape index (κ2) is 8.40. The Bertz CT molecular complexity index is 1130. The van der Waals surface area contributed by atoms with Crippen LogP contribution in [-0.4, -0.2) is 14.3 Å². The first-order valence-electron chi connectivity index (χ1n) is 8.70. The minimum atomic E-state index is -4.09. The Labute approximate surface area is 167 Å². The molecule has 1 amide bonds. The summed E-state index contributed by atoms with van der Waals surface area (Å²) in [7, 11) is -4.09. The van der Waals surface area contributed by atoms with Crippen molar-refractivity contribution in [2.24, 2.45) is 0 Å². The van der Waals surface area contributed by atoms with E-state index in [1.807, 2.05) is 0 Å². The molecule has 3 rings (SSSR count). The number of carbonyl (C=O) groups excluding carboxylic acids is 1. The number of halogens is 2. The highest BCUT2D eigenvalue weighted by molar-refractivity contribution is 7.92. The average Bonchev–Trinajstić information content (AvgIpc) is 2.70. The van der Waals surface area contributed by atoms with Crippen molar-refractivity contribution in [2.45, 2.75) is 17.9 Å². The summed E-state index contributed by atoms with van der Waals surface area (Å²) >= 11 is 0. The van der Waals surface area contributed by atoms with Gasteiger partial charge in [-0.25, -0.2) is 17.2 Å². The summed E-state index contributed by atoms with van der Waals surface area (Å²) in [5.41, 5.74) is 0.632. The highest BCUT2D eigenvalue weighted by atomic mass is 32.2. The lowest BCUT2D eigenvalue weighted by atomic mass is 10.1. The fourth-order valence-corrected chi connectivity index (χ4v) is 3.78. The summed E-state index contributed by atoms with van der Waals surface area (Å²) < 4.78 is 54.1. The molecule has 0 aromatic heterocycles. The minimum Gasteiger partial charge on any atom is -0.346 e. The highest BCUT2D eigenvalue weighted by Gasteiger charge is 2.19. The van der Waals surface area contributed by atoms with Crippen molar-refractivity contribution in [1.29, 1.82) is 0 Å². The van der Waals surface area contributed by atoms with Gasteiger partial charge in [-0.2, -0.15) is 0 Å². The zero-order valence-electron chi connectivity index (χ0n) is 15.4. The third-order valence-electron chi connectivity index (χ3n) is 4.24. The van der Waals surface area contributed by atoms with Crippen molar-refractivity contribution in [3.05, 3.63) is 95.6 Å². The van der Waals surface area contributed by atoms with Gasteiger partial charge in [-0.1, -0.05) is 30.3 Å². The smallest absolute Gasteiger partial charge is 0.262 e. The molecule has 0 aliphatic heterocycles. The summed E-state index contributed by atoms with van der Waals surface area (Å²) in [6, 6.07) is 16.1. The monoisotopic (exact) mass is 416 g/mol. The van der Waals surface area contributed by atoms with E-state index in [-0.39, 0.29) is 22.0 Å². The van der Waals surface area contributed by atoms with Gasteiger partial charge < -0.3 is 5.32 Å². The Morgan fingerprint density at radius 2 is 1.62 bits per heavy atom. The van der Waals surface area contributed by atoms with Gasteiger partial charge in [0.25, 0.3) is 15.9 Å². The maximum absolute atomic E-state index is 13.8. The molecule has 0 aliphatic carbocycles. The molecule has 5 nitrogen and oxygen atoms in total. The van der Waals surface area contributed by atoms with Crippen LogP contribution in [0.5, 0.6) is 0 Å². The molecule has 3 aromatic carbocycles. The molecule has 0 heterocycles. The molecule has 0 spiro atoms. The number of para-hydroxylation sites is 1. The van der Waals surface area contributed by atoms with Crippen molar-refractivity contribution in [3.63, 3.8) is 0 Å². The lowest BCUT2D eigenvalue weighted by Gasteiger charge is -2.15. The van der Waals surface area contributed by atoms with Gasteiger partial charge >= 0.3 is 0 Å². The molecule has 1 unspecified atom stereocenters. The molecule has 8 heteroatoms. The van der Waals surface area contributed by atoms with E-state index in [1.54, 1.807) is 19.1 Å². The zero-order chi connectivity index (χ0) is 21.0. The van der Waals surface area contributed by atoms with Gasteiger partial charge in [0, 0.05) is 5.56 Å². The Hall–Kier alpha value is -3.26. The number of benzene rings is 3. The number of carbonyl (C=O) groups is 1. The maximum atomic E-state index is 13.8. The number of hydrogen-bond donors (Lipinski definition) is 2. The van der Waals surface area contributed by atoms with E-state index in [9.17, 15) is 22.0 Å². The van der Waals surface area contributed by atoms with Crippen LogP contribution in [0.3, 0.4) is 0 Å². The number of rotatable bonds is 6. The first-order valence-corrected chi connectivity index (χ1v) is 10.2. The maximum Gasteiger partial charge on any atom is 0.262 e. The first-order chi connectivity index (χ1) is 13.8. The summed E-state index contributed by atoms with van der Waals surface area (Å²) in [6.45, 7) is 1.73. The zero-order valence-corrected chi connectivity index (χ0v) is 16.2. The molecule has 2 N–H and O–H groups in total. The molecule has 0 fully saturated rings. The topological polar surface area (TPSA) is 75.3 Å². The molecule has 29 heavy (non-hydrogen) atoms. The van der Waals surface area contributed by atoms with Crippen LogP contribution in [0.4, 0.5) is 14.5 Å². The van der Waals surface area contributed by atoms with Crippen LogP contribution in [0, 0.1) is 11.6 Å². The van der Waals surface area contributed by atoms with Crippen LogP contribution in [0.2, 0.25) is 0 Å². The van der Waals surface area contributed by atoms with Crippen LogP contribution in [0.15, 0.2) is 77.7 Å². The van der Waals surface area contributed by atoms with E-state index in [0.29, 0.717) is 5.56 Å². The Balaban J connectivity index is 1.78. The molecule has 0 bridgehead atoms. The van der Waals surface area contributed by atoms with E-state index in [2.05, 4.69) is 10.0 Å². The largest absolute Gasteiger partial charge is 0.346 e. The molecule has 0 saturated carbocycles. The third-order valence-corrected chi connectivity index (χ3v) is 5.61. The standard InChI is InChI=1S/C21H18F2N2O3S/c1-14(15-9-11-17(22)12-10-15)24-21(26)16-5-4-6-18(13-16)29(27,28)25-20-8-3-2-7-19(20)23/h2-14,25H,1H3,(H,24,26). The molecule has 1 atom stereocenters. The number of nitrogens with one attached hydrogen (secondary N) is 2. The van der Waals surface area contributed by atoms with E-state index in [0.717, 1.165) is 6.07 Å². The van der Waals surface area contributed by atoms with Crippen molar-refractivity contribution in [1.82, 2.24) is 5.32 Å². The van der Waals surface area contributed by atoms with Gasteiger partial charge in [-0.15, -0.1) is 0 Å². The Morgan fingerprint density at radius 1 is 0.931 bits per heavy atom. The fraction of sp³-hybridized carbons (Fsp3) is 0.0952. The van der Waals surface area contributed by atoms with Crippen molar-refractivity contribution < 1.29 is 22.0 Å². The van der Waals surface area contributed by atoms with Crippen molar-refractivity contribution in [2.75, 3.05) is 4.72 Å². The molecule has 0 aliphatic rings.